The predicted octanol–water partition coefficient (Wildman–Crippen LogP) is 3.98. The molecule has 1 aliphatic rings. The van der Waals surface area contributed by atoms with Gasteiger partial charge in [0.15, 0.2) is 5.69 Å². The molecule has 1 N–H and O–H groups in total. The number of rotatable bonds is 5. The van der Waals surface area contributed by atoms with Gasteiger partial charge in [-0.1, -0.05) is 18.2 Å². The van der Waals surface area contributed by atoms with Gasteiger partial charge < -0.3 is 10.2 Å². The van der Waals surface area contributed by atoms with E-state index in [-0.39, 0.29) is 25.1 Å². The molecule has 6 nitrogen and oxygen atoms in total. The lowest BCUT2D eigenvalue weighted by Gasteiger charge is -2.34. The molecule has 10 heteroatoms. The number of hydrogen-bond acceptors (Lipinski definition) is 4. The molecule has 0 unspecified atom stereocenters. The fourth-order valence-electron chi connectivity index (χ4n) is 3.92. The van der Waals surface area contributed by atoms with E-state index < -0.39 is 53.2 Å². The van der Waals surface area contributed by atoms with Crippen molar-refractivity contribution in [1.82, 2.24) is 15.1 Å². The van der Waals surface area contributed by atoms with Gasteiger partial charge in [-0.05, 0) is 37.6 Å². The summed E-state index contributed by atoms with van der Waals surface area (Å²) < 4.78 is 58.1. The topological polar surface area (TPSA) is 67.2 Å². The third kappa shape index (κ3) is 4.95. The van der Waals surface area contributed by atoms with Crippen molar-refractivity contribution in [3.63, 3.8) is 0 Å². The summed E-state index contributed by atoms with van der Waals surface area (Å²) >= 11 is 0. The normalized spacial score (nSPS) is 15.3. The number of piperidine rings is 1. The second-order valence-corrected chi connectivity index (χ2v) is 8.20. The number of carbonyl (C=O) groups excluding carboxylic acids is 1. The molecule has 2 aromatic carbocycles. The Morgan fingerprint density at radius 2 is 1.76 bits per heavy atom. The third-order valence-corrected chi connectivity index (χ3v) is 5.63. The summed E-state index contributed by atoms with van der Waals surface area (Å²) in [6, 6.07) is 12.0. The van der Waals surface area contributed by atoms with Gasteiger partial charge in [0.05, 0.1) is 12.2 Å². The molecule has 178 valence electrons. The predicted molar refractivity (Wildman–Crippen MR) is 118 cm³/mol. The van der Waals surface area contributed by atoms with Crippen LogP contribution in [-0.4, -0.2) is 34.7 Å². The molecule has 0 radical (unpaired) electrons. The van der Waals surface area contributed by atoms with Crippen LogP contribution in [0.15, 0.2) is 53.3 Å². The number of nitrogens with one attached hydrogen (secondary N) is 1. The molecule has 1 saturated heterocycles. The summed E-state index contributed by atoms with van der Waals surface area (Å²) in [6.45, 7) is 0.757. The lowest BCUT2D eigenvalue weighted by Crippen LogP contribution is -2.42. The number of anilines is 1. The number of hydrogen-bond donors (Lipinski definition) is 1. The maximum atomic E-state index is 14.6. The second kappa shape index (κ2) is 9.28. The minimum absolute atomic E-state index is 0.00963. The van der Waals surface area contributed by atoms with Crippen LogP contribution < -0.4 is 15.6 Å². The van der Waals surface area contributed by atoms with Crippen molar-refractivity contribution in [2.75, 3.05) is 18.0 Å². The Labute approximate surface area is 192 Å². The number of aryl methyl sites for hydroxylation is 1. The van der Waals surface area contributed by atoms with Crippen LogP contribution in [0.4, 0.5) is 23.2 Å². The van der Waals surface area contributed by atoms with Gasteiger partial charge in [-0.3, -0.25) is 9.59 Å². The summed E-state index contributed by atoms with van der Waals surface area (Å²) in [5.74, 6) is -5.79. The van der Waals surface area contributed by atoms with Crippen LogP contribution in [-0.2, 0) is 6.54 Å². The number of amides is 1. The Hall–Kier alpha value is -3.69. The highest BCUT2D eigenvalue weighted by molar-refractivity contribution is 5.92. The average Bonchev–Trinajstić information content (AvgIpc) is 2.78. The largest absolute Gasteiger partial charge is 0.365 e. The van der Waals surface area contributed by atoms with Crippen molar-refractivity contribution in [2.45, 2.75) is 32.2 Å². The molecule has 3 aromatic rings. The van der Waals surface area contributed by atoms with Gasteiger partial charge in [0, 0.05) is 42.5 Å². The highest BCUT2D eigenvalue weighted by atomic mass is 19.3. The molecule has 1 amide bonds. The van der Waals surface area contributed by atoms with Gasteiger partial charge >= 0.3 is 0 Å². The number of aromatic nitrogens is 2. The summed E-state index contributed by atoms with van der Waals surface area (Å²) in [7, 11) is 0. The summed E-state index contributed by atoms with van der Waals surface area (Å²) in [5.41, 5.74) is -0.368. The molecule has 1 fully saturated rings. The van der Waals surface area contributed by atoms with E-state index in [9.17, 15) is 27.2 Å². The maximum absolute atomic E-state index is 14.6. The fraction of sp³-hybridized carbons (Fsp3) is 0.292. The molecule has 4 rings (SSSR count). The van der Waals surface area contributed by atoms with E-state index in [1.165, 1.54) is 15.6 Å². The van der Waals surface area contributed by atoms with E-state index in [0.717, 1.165) is 12.1 Å². The van der Waals surface area contributed by atoms with Crippen LogP contribution >= 0.6 is 0 Å². The number of para-hydroxylation sites is 1. The van der Waals surface area contributed by atoms with Gasteiger partial charge in [-0.25, -0.2) is 22.2 Å². The molecule has 0 atom stereocenters. The molecule has 34 heavy (non-hydrogen) atoms. The first kappa shape index (κ1) is 23.5. The zero-order valence-electron chi connectivity index (χ0n) is 18.3. The van der Waals surface area contributed by atoms with Crippen LogP contribution in [0.3, 0.4) is 0 Å². The van der Waals surface area contributed by atoms with E-state index in [4.69, 9.17) is 0 Å². The number of alkyl halides is 2. The summed E-state index contributed by atoms with van der Waals surface area (Å²) in [4.78, 5) is 26.2. The minimum Gasteiger partial charge on any atom is -0.365 e. The van der Waals surface area contributed by atoms with E-state index in [1.54, 1.807) is 37.3 Å². The molecule has 2 heterocycles. The van der Waals surface area contributed by atoms with Crippen LogP contribution in [0.5, 0.6) is 0 Å². The number of benzene rings is 2. The summed E-state index contributed by atoms with van der Waals surface area (Å²) in [6.07, 6.45) is -0.0598. The molecule has 0 bridgehead atoms. The lowest BCUT2D eigenvalue weighted by molar-refractivity contribution is -0.0117. The highest BCUT2D eigenvalue weighted by Crippen LogP contribution is 2.31. The average molecular weight is 474 g/mol. The lowest BCUT2D eigenvalue weighted by atomic mass is 10.1. The first-order valence-corrected chi connectivity index (χ1v) is 10.7. The van der Waals surface area contributed by atoms with Crippen LogP contribution in [0.25, 0.3) is 5.69 Å². The van der Waals surface area contributed by atoms with Crippen molar-refractivity contribution >= 4 is 11.6 Å². The molecular formula is C24H22F4N4O2. The standard InChI is InChI=1S/C24H22F4N4O2/c1-15-10-21(33)22(30-32(15)16-6-3-2-4-7-16)23(34)29-13-18-19(25)11-17(12-20(18)26)31-9-5-8-24(27,28)14-31/h2-4,6-7,10-12H,5,8-9,13-14H2,1H3,(H,29,34). The van der Waals surface area contributed by atoms with Crippen LogP contribution in [0.2, 0.25) is 0 Å². The number of nitrogens with zero attached hydrogens (tertiary/aromatic N) is 3. The number of halogens is 4. The van der Waals surface area contributed by atoms with Crippen molar-refractivity contribution < 1.29 is 22.4 Å². The van der Waals surface area contributed by atoms with Crippen molar-refractivity contribution in [3.05, 3.63) is 87.3 Å². The maximum Gasteiger partial charge on any atom is 0.276 e. The van der Waals surface area contributed by atoms with Gasteiger partial charge in [0.25, 0.3) is 11.8 Å². The van der Waals surface area contributed by atoms with Gasteiger partial charge in [-0.15, -0.1) is 0 Å². The third-order valence-electron chi connectivity index (χ3n) is 5.63. The molecule has 0 aliphatic carbocycles. The Bertz CT molecular complexity index is 1250. The zero-order chi connectivity index (χ0) is 24.5. The minimum atomic E-state index is -2.93. The number of carbonyl (C=O) groups is 1. The van der Waals surface area contributed by atoms with Crippen LogP contribution in [0.1, 0.15) is 34.6 Å². The SMILES string of the molecule is Cc1cc(=O)c(C(=O)NCc2c(F)cc(N3CCCC(F)(F)C3)cc2F)nn1-c1ccccc1. The summed E-state index contributed by atoms with van der Waals surface area (Å²) in [5, 5.41) is 6.43. The van der Waals surface area contributed by atoms with Gasteiger partial charge in [-0.2, -0.15) is 5.10 Å². The van der Waals surface area contributed by atoms with E-state index in [2.05, 4.69) is 10.4 Å². The van der Waals surface area contributed by atoms with Crippen LogP contribution in [0, 0.1) is 18.6 Å². The van der Waals surface area contributed by atoms with Crippen molar-refractivity contribution in [3.8, 4) is 5.69 Å². The van der Waals surface area contributed by atoms with E-state index >= 15 is 0 Å². The van der Waals surface area contributed by atoms with Gasteiger partial charge in [0.1, 0.15) is 11.6 Å². The Morgan fingerprint density at radius 1 is 1.09 bits per heavy atom. The molecule has 1 aliphatic heterocycles. The highest BCUT2D eigenvalue weighted by Gasteiger charge is 2.35. The van der Waals surface area contributed by atoms with Crippen molar-refractivity contribution in [2.24, 2.45) is 0 Å². The van der Waals surface area contributed by atoms with E-state index in [1.807, 2.05) is 0 Å². The molecule has 0 saturated carbocycles. The molecular weight excluding hydrogens is 452 g/mol. The van der Waals surface area contributed by atoms with Crippen molar-refractivity contribution in [1.29, 1.82) is 0 Å². The molecule has 1 aromatic heterocycles. The first-order valence-electron chi connectivity index (χ1n) is 10.7. The molecule has 0 spiro atoms. The first-order chi connectivity index (χ1) is 16.1. The van der Waals surface area contributed by atoms with E-state index in [0.29, 0.717) is 11.4 Å². The zero-order valence-corrected chi connectivity index (χ0v) is 18.3. The monoisotopic (exact) mass is 474 g/mol. The Balaban J connectivity index is 1.53. The Kier molecular flexibility index (Phi) is 6.41. The quantitative estimate of drug-likeness (QED) is 0.568. The van der Waals surface area contributed by atoms with Gasteiger partial charge in [0.2, 0.25) is 5.43 Å². The smallest absolute Gasteiger partial charge is 0.276 e. The Morgan fingerprint density at radius 3 is 2.41 bits per heavy atom. The fourth-order valence-corrected chi connectivity index (χ4v) is 3.92. The second-order valence-electron chi connectivity index (χ2n) is 8.20.